The van der Waals surface area contributed by atoms with Crippen molar-refractivity contribution < 1.29 is 26.4 Å². The first-order valence-electron chi connectivity index (χ1n) is 10.2. The average molecular weight is 512 g/mol. The van der Waals surface area contributed by atoms with Crippen LogP contribution in [0.5, 0.6) is 0 Å². The predicted octanol–water partition coefficient (Wildman–Crippen LogP) is 3.44. The summed E-state index contributed by atoms with van der Waals surface area (Å²) in [5, 5.41) is 3.18. The summed E-state index contributed by atoms with van der Waals surface area (Å²) < 4.78 is 61.7. The summed E-state index contributed by atoms with van der Waals surface area (Å²) in [6.45, 7) is 2.99. The van der Waals surface area contributed by atoms with Gasteiger partial charge in [0.1, 0.15) is 0 Å². The summed E-state index contributed by atoms with van der Waals surface area (Å²) in [6, 6.07) is 5.33. The Morgan fingerprint density at radius 1 is 1.12 bits per heavy atom. The van der Waals surface area contributed by atoms with Crippen LogP contribution in [0, 0.1) is 0 Å². The van der Waals surface area contributed by atoms with Crippen LogP contribution in [-0.2, 0) is 46.9 Å². The van der Waals surface area contributed by atoms with E-state index < -0.39 is 21.6 Å². The van der Waals surface area contributed by atoms with E-state index in [0.717, 1.165) is 22.8 Å². The molecule has 0 aliphatic carbocycles. The van der Waals surface area contributed by atoms with Crippen molar-refractivity contribution in [1.82, 2.24) is 19.9 Å². The summed E-state index contributed by atoms with van der Waals surface area (Å²) in [5.74, 6) is -0.349. The lowest BCUT2D eigenvalue weighted by molar-refractivity contribution is -0.137. The van der Waals surface area contributed by atoms with Gasteiger partial charge in [-0.05, 0) is 24.3 Å². The third-order valence-electron chi connectivity index (χ3n) is 5.18. The third kappa shape index (κ3) is 5.59. The molecule has 34 heavy (non-hydrogen) atoms. The van der Waals surface area contributed by atoms with Gasteiger partial charge in [-0.15, -0.1) is 11.3 Å². The normalized spacial score (nSPS) is 14.2. The molecule has 0 aromatic carbocycles. The van der Waals surface area contributed by atoms with E-state index in [4.69, 9.17) is 0 Å². The van der Waals surface area contributed by atoms with Crippen LogP contribution in [0.1, 0.15) is 34.4 Å². The maximum atomic E-state index is 12.7. The van der Waals surface area contributed by atoms with Crippen LogP contribution in [0.25, 0.3) is 0 Å². The predicted molar refractivity (Wildman–Crippen MR) is 119 cm³/mol. The first-order valence-corrected chi connectivity index (χ1v) is 12.7. The van der Waals surface area contributed by atoms with Gasteiger partial charge in [0.05, 0.1) is 34.0 Å². The Morgan fingerprint density at radius 3 is 2.44 bits per heavy atom. The molecule has 1 N–H and O–H groups in total. The Hall–Kier alpha value is -2.90. The van der Waals surface area contributed by atoms with Crippen molar-refractivity contribution in [2.24, 2.45) is 0 Å². The van der Waals surface area contributed by atoms with E-state index in [1.165, 1.54) is 35.7 Å². The minimum atomic E-state index is -4.41. The number of carbonyl (C=O) groups is 1. The molecule has 0 bridgehead atoms. The number of halogens is 3. The molecule has 3 aromatic rings. The third-order valence-corrected chi connectivity index (χ3v) is 7.90. The number of nitrogens with one attached hydrogen (secondary N) is 1. The van der Waals surface area contributed by atoms with Crippen LogP contribution in [0.3, 0.4) is 0 Å². The Balaban J connectivity index is 1.30. The largest absolute Gasteiger partial charge is 0.417 e. The lowest BCUT2D eigenvalue weighted by atomic mass is 10.2. The van der Waals surface area contributed by atoms with Crippen LogP contribution < -0.4 is 5.32 Å². The van der Waals surface area contributed by atoms with Crippen LogP contribution in [0.15, 0.2) is 41.6 Å². The van der Waals surface area contributed by atoms with Gasteiger partial charge in [-0.25, -0.2) is 13.4 Å². The fourth-order valence-electron chi connectivity index (χ4n) is 3.38. The number of pyridine rings is 2. The standard InChI is InChI=1S/C21H20F3N5O3S2/c1-2-34(31,32)16-6-5-14(26-9-16)7-19(30)28-20-27-17-11-29(12-18(17)33-20)10-15-4-3-13(8-25-15)21(22,23)24/h3-6,8-9H,2,7,10-12H2,1H3,(H,27,28,30). The van der Waals surface area contributed by atoms with E-state index in [-0.39, 0.29) is 23.0 Å². The Kier molecular flexibility index (Phi) is 6.69. The minimum Gasteiger partial charge on any atom is -0.302 e. The summed E-state index contributed by atoms with van der Waals surface area (Å²) in [5.41, 5.74) is 0.990. The van der Waals surface area contributed by atoms with E-state index in [9.17, 15) is 26.4 Å². The lowest BCUT2D eigenvalue weighted by Gasteiger charge is -2.14. The Morgan fingerprint density at radius 2 is 1.85 bits per heavy atom. The molecule has 1 amide bonds. The molecule has 0 spiro atoms. The number of thiazole rings is 1. The molecule has 0 saturated carbocycles. The summed E-state index contributed by atoms with van der Waals surface area (Å²) >= 11 is 1.34. The number of sulfone groups is 1. The summed E-state index contributed by atoms with van der Waals surface area (Å²) in [7, 11) is -3.35. The van der Waals surface area contributed by atoms with Crippen molar-refractivity contribution in [2.75, 3.05) is 11.1 Å². The van der Waals surface area contributed by atoms with E-state index in [1.807, 2.05) is 4.90 Å². The summed E-state index contributed by atoms with van der Waals surface area (Å²) in [6.07, 6.45) is -2.36. The zero-order valence-corrected chi connectivity index (χ0v) is 19.6. The number of alkyl halides is 3. The van der Waals surface area contributed by atoms with Crippen LogP contribution in [0.2, 0.25) is 0 Å². The molecule has 180 valence electrons. The molecule has 4 heterocycles. The van der Waals surface area contributed by atoms with Gasteiger partial charge in [0.15, 0.2) is 15.0 Å². The Bertz CT molecular complexity index is 1270. The number of carbonyl (C=O) groups excluding carboxylic acids is 1. The quantitative estimate of drug-likeness (QED) is 0.518. The second-order valence-electron chi connectivity index (χ2n) is 7.68. The van der Waals surface area contributed by atoms with Crippen LogP contribution in [0.4, 0.5) is 18.3 Å². The highest BCUT2D eigenvalue weighted by Crippen LogP contribution is 2.32. The molecule has 0 radical (unpaired) electrons. The molecule has 1 aliphatic heterocycles. The SMILES string of the molecule is CCS(=O)(=O)c1ccc(CC(=O)Nc2nc3c(s2)CN(Cc2ccc(C(F)(F)F)cn2)C3)nc1. The van der Waals surface area contributed by atoms with Gasteiger partial charge < -0.3 is 5.32 Å². The molecule has 0 unspecified atom stereocenters. The van der Waals surface area contributed by atoms with Crippen molar-refractivity contribution >= 4 is 32.2 Å². The van der Waals surface area contributed by atoms with Crippen molar-refractivity contribution in [1.29, 1.82) is 0 Å². The second-order valence-corrected chi connectivity index (χ2v) is 11.0. The number of hydrogen-bond acceptors (Lipinski definition) is 8. The number of amides is 1. The first-order chi connectivity index (χ1) is 16.0. The average Bonchev–Trinajstić information content (AvgIpc) is 3.31. The molecule has 13 heteroatoms. The minimum absolute atomic E-state index is 0.0254. The molecule has 3 aromatic heterocycles. The Labute approximate surface area is 197 Å². The molecular formula is C21H20F3N5O3S2. The molecule has 8 nitrogen and oxygen atoms in total. The molecular weight excluding hydrogens is 491 g/mol. The number of aromatic nitrogens is 3. The van der Waals surface area contributed by atoms with Crippen LogP contribution >= 0.6 is 11.3 Å². The van der Waals surface area contributed by atoms with Crippen molar-refractivity contribution in [3.05, 3.63) is 64.2 Å². The second kappa shape index (κ2) is 9.39. The highest BCUT2D eigenvalue weighted by molar-refractivity contribution is 7.91. The first kappa shape index (κ1) is 24.2. The topological polar surface area (TPSA) is 105 Å². The van der Waals surface area contributed by atoms with Gasteiger partial charge in [-0.3, -0.25) is 19.7 Å². The van der Waals surface area contributed by atoms with Crippen molar-refractivity contribution in [2.45, 2.75) is 44.1 Å². The zero-order chi connectivity index (χ0) is 24.5. The van der Waals surface area contributed by atoms with E-state index in [2.05, 4.69) is 20.3 Å². The van der Waals surface area contributed by atoms with E-state index in [0.29, 0.717) is 36.2 Å². The number of nitrogens with zero attached hydrogens (tertiary/aromatic N) is 4. The molecule has 1 aliphatic rings. The lowest BCUT2D eigenvalue weighted by Crippen LogP contribution is -2.18. The van der Waals surface area contributed by atoms with Crippen LogP contribution in [-0.4, -0.2) is 39.9 Å². The van der Waals surface area contributed by atoms with E-state index >= 15 is 0 Å². The van der Waals surface area contributed by atoms with Gasteiger partial charge in [-0.2, -0.15) is 13.2 Å². The number of fused-ring (bicyclic) bond motifs is 1. The monoisotopic (exact) mass is 511 g/mol. The van der Waals surface area contributed by atoms with Gasteiger partial charge in [0, 0.05) is 42.6 Å². The van der Waals surface area contributed by atoms with Crippen molar-refractivity contribution in [3.63, 3.8) is 0 Å². The highest BCUT2D eigenvalue weighted by Gasteiger charge is 2.31. The summed E-state index contributed by atoms with van der Waals surface area (Å²) in [4.78, 5) is 27.8. The van der Waals surface area contributed by atoms with Gasteiger partial charge in [-0.1, -0.05) is 6.92 Å². The maximum absolute atomic E-state index is 12.7. The maximum Gasteiger partial charge on any atom is 0.417 e. The smallest absolute Gasteiger partial charge is 0.302 e. The number of hydrogen-bond donors (Lipinski definition) is 1. The molecule has 0 atom stereocenters. The van der Waals surface area contributed by atoms with Gasteiger partial charge in [0.25, 0.3) is 0 Å². The fourth-order valence-corrected chi connectivity index (χ4v) is 5.23. The van der Waals surface area contributed by atoms with E-state index in [1.54, 1.807) is 6.92 Å². The highest BCUT2D eigenvalue weighted by atomic mass is 32.2. The molecule has 0 saturated heterocycles. The molecule has 4 rings (SSSR count). The number of rotatable bonds is 7. The van der Waals surface area contributed by atoms with Gasteiger partial charge >= 0.3 is 6.18 Å². The zero-order valence-electron chi connectivity index (χ0n) is 18.0. The molecule has 0 fully saturated rings. The fraction of sp³-hybridized carbons (Fsp3) is 0.333. The number of anilines is 1. The van der Waals surface area contributed by atoms with Gasteiger partial charge in [0.2, 0.25) is 5.91 Å². The van der Waals surface area contributed by atoms with Crippen molar-refractivity contribution in [3.8, 4) is 0 Å².